The molecule has 0 fully saturated rings. The number of hydrogen-bond acceptors (Lipinski definition) is 4. The molecule has 1 aliphatic rings. The molecule has 0 unspecified atom stereocenters. The first-order valence-electron chi connectivity index (χ1n) is 10.9. The van der Waals surface area contributed by atoms with Gasteiger partial charge < -0.3 is 10.2 Å². The van der Waals surface area contributed by atoms with Crippen LogP contribution in [0.4, 0.5) is 17.1 Å². The standard InChI is InChI=1S/C27H24ClN3O3/c1-4-30(21-13-6-5-7-14-21)25(32)19-11-9-12-20(16-19)29-24-23(28)26(33)31(27(24)34)22-15-8-10-17(2)18(22)3/h5-16,29H,4H2,1-3H3. The van der Waals surface area contributed by atoms with Gasteiger partial charge in [-0.15, -0.1) is 0 Å². The molecule has 3 amide bonds. The lowest BCUT2D eigenvalue weighted by Crippen LogP contribution is -2.33. The third kappa shape index (κ3) is 4.20. The molecule has 0 atom stereocenters. The first-order chi connectivity index (χ1) is 16.3. The minimum absolute atomic E-state index is 0.0208. The number of hydrogen-bond donors (Lipinski definition) is 1. The van der Waals surface area contributed by atoms with Gasteiger partial charge in [-0.2, -0.15) is 0 Å². The maximum atomic E-state index is 13.2. The van der Waals surface area contributed by atoms with Crippen LogP contribution in [-0.2, 0) is 9.59 Å². The van der Waals surface area contributed by atoms with E-state index in [4.69, 9.17) is 11.6 Å². The van der Waals surface area contributed by atoms with Crippen molar-refractivity contribution in [2.24, 2.45) is 0 Å². The monoisotopic (exact) mass is 473 g/mol. The molecule has 34 heavy (non-hydrogen) atoms. The molecule has 7 heteroatoms. The van der Waals surface area contributed by atoms with Crippen LogP contribution >= 0.6 is 11.6 Å². The second-order valence-corrected chi connectivity index (χ2v) is 8.32. The van der Waals surface area contributed by atoms with Crippen molar-refractivity contribution in [3.05, 3.63) is 100 Å². The topological polar surface area (TPSA) is 69.7 Å². The predicted molar refractivity (Wildman–Crippen MR) is 135 cm³/mol. The van der Waals surface area contributed by atoms with E-state index in [0.29, 0.717) is 23.5 Å². The summed E-state index contributed by atoms with van der Waals surface area (Å²) in [6.45, 7) is 6.17. The number of anilines is 3. The van der Waals surface area contributed by atoms with Crippen LogP contribution in [0.15, 0.2) is 83.5 Å². The number of para-hydroxylation sites is 1. The minimum Gasteiger partial charge on any atom is -0.350 e. The van der Waals surface area contributed by atoms with Crippen LogP contribution < -0.4 is 15.1 Å². The zero-order valence-electron chi connectivity index (χ0n) is 19.1. The van der Waals surface area contributed by atoms with Gasteiger partial charge in [0.05, 0.1) is 5.69 Å². The Labute approximate surface area is 203 Å². The SMILES string of the molecule is CCN(C(=O)c1cccc(NC2=C(Cl)C(=O)N(c3cccc(C)c3C)C2=O)c1)c1ccccc1. The third-order valence-corrected chi connectivity index (χ3v) is 6.20. The van der Waals surface area contributed by atoms with Gasteiger partial charge in [-0.3, -0.25) is 14.4 Å². The fourth-order valence-electron chi connectivity index (χ4n) is 3.89. The van der Waals surface area contributed by atoms with Crippen molar-refractivity contribution in [2.45, 2.75) is 20.8 Å². The Morgan fingerprint density at radius 2 is 1.65 bits per heavy atom. The average Bonchev–Trinajstić information content (AvgIpc) is 3.05. The molecule has 1 heterocycles. The summed E-state index contributed by atoms with van der Waals surface area (Å²) in [5.41, 5.74) is 3.97. The Morgan fingerprint density at radius 1 is 0.941 bits per heavy atom. The number of halogens is 1. The van der Waals surface area contributed by atoms with Crippen molar-refractivity contribution in [3.63, 3.8) is 0 Å². The number of amides is 3. The van der Waals surface area contributed by atoms with E-state index in [0.717, 1.165) is 21.7 Å². The highest BCUT2D eigenvalue weighted by Gasteiger charge is 2.39. The maximum absolute atomic E-state index is 13.2. The highest BCUT2D eigenvalue weighted by atomic mass is 35.5. The summed E-state index contributed by atoms with van der Waals surface area (Å²) < 4.78 is 0. The van der Waals surface area contributed by atoms with Crippen molar-refractivity contribution in [1.82, 2.24) is 0 Å². The Kier molecular flexibility index (Phi) is 6.52. The Morgan fingerprint density at radius 3 is 2.35 bits per heavy atom. The summed E-state index contributed by atoms with van der Waals surface area (Å²) >= 11 is 6.30. The van der Waals surface area contributed by atoms with Crippen LogP contribution in [0.3, 0.4) is 0 Å². The summed E-state index contributed by atoms with van der Waals surface area (Å²) in [4.78, 5) is 42.0. The number of carbonyl (C=O) groups excluding carboxylic acids is 3. The summed E-state index contributed by atoms with van der Waals surface area (Å²) in [5, 5.41) is 2.77. The van der Waals surface area contributed by atoms with Crippen molar-refractivity contribution in [3.8, 4) is 0 Å². The first-order valence-corrected chi connectivity index (χ1v) is 11.3. The van der Waals surface area contributed by atoms with Crippen molar-refractivity contribution >= 4 is 46.4 Å². The fourth-order valence-corrected chi connectivity index (χ4v) is 4.10. The lowest BCUT2D eigenvalue weighted by atomic mass is 10.1. The molecule has 172 valence electrons. The molecule has 0 saturated heterocycles. The molecule has 6 nitrogen and oxygen atoms in total. The number of nitrogens with zero attached hydrogens (tertiary/aromatic N) is 2. The number of nitrogens with one attached hydrogen (secondary N) is 1. The lowest BCUT2D eigenvalue weighted by molar-refractivity contribution is -0.120. The van der Waals surface area contributed by atoms with Gasteiger partial charge in [-0.05, 0) is 68.3 Å². The molecule has 1 aliphatic heterocycles. The number of rotatable bonds is 6. The van der Waals surface area contributed by atoms with E-state index in [1.165, 1.54) is 0 Å². The van der Waals surface area contributed by atoms with E-state index in [1.54, 1.807) is 41.3 Å². The van der Waals surface area contributed by atoms with Crippen LogP contribution in [0.25, 0.3) is 0 Å². The molecular weight excluding hydrogens is 450 g/mol. The summed E-state index contributed by atoms with van der Waals surface area (Å²) in [7, 11) is 0. The zero-order chi connectivity index (χ0) is 24.4. The Balaban J connectivity index is 1.60. The zero-order valence-corrected chi connectivity index (χ0v) is 19.9. The number of aryl methyl sites for hydroxylation is 1. The van der Waals surface area contributed by atoms with Gasteiger partial charge in [0.25, 0.3) is 17.7 Å². The Bertz CT molecular complexity index is 1320. The average molecular weight is 474 g/mol. The van der Waals surface area contributed by atoms with E-state index in [9.17, 15) is 14.4 Å². The second-order valence-electron chi connectivity index (χ2n) is 7.94. The van der Waals surface area contributed by atoms with Gasteiger partial charge in [-0.1, -0.05) is 48.0 Å². The lowest BCUT2D eigenvalue weighted by Gasteiger charge is -2.21. The van der Waals surface area contributed by atoms with Gasteiger partial charge in [0.2, 0.25) is 0 Å². The normalized spacial score (nSPS) is 13.5. The minimum atomic E-state index is -0.587. The van der Waals surface area contributed by atoms with Crippen LogP contribution in [0.2, 0.25) is 0 Å². The van der Waals surface area contributed by atoms with Gasteiger partial charge in [-0.25, -0.2) is 4.90 Å². The van der Waals surface area contributed by atoms with Crippen LogP contribution in [-0.4, -0.2) is 24.3 Å². The van der Waals surface area contributed by atoms with Gasteiger partial charge in [0, 0.05) is 23.5 Å². The Hall–Kier alpha value is -3.90. The molecule has 1 N–H and O–H groups in total. The molecule has 3 aromatic rings. The van der Waals surface area contributed by atoms with Gasteiger partial charge in [0.15, 0.2) is 0 Å². The number of carbonyl (C=O) groups is 3. The molecule has 0 bridgehead atoms. The van der Waals surface area contributed by atoms with E-state index in [2.05, 4.69) is 5.32 Å². The largest absolute Gasteiger partial charge is 0.350 e. The van der Waals surface area contributed by atoms with Gasteiger partial charge >= 0.3 is 0 Å². The quantitative estimate of drug-likeness (QED) is 0.486. The highest BCUT2D eigenvalue weighted by molar-refractivity contribution is 6.53. The van der Waals surface area contributed by atoms with Crippen LogP contribution in [0, 0.1) is 13.8 Å². The van der Waals surface area contributed by atoms with E-state index in [-0.39, 0.29) is 16.6 Å². The van der Waals surface area contributed by atoms with Crippen molar-refractivity contribution in [1.29, 1.82) is 0 Å². The summed E-state index contributed by atoms with van der Waals surface area (Å²) in [6, 6.07) is 21.6. The van der Waals surface area contributed by atoms with E-state index >= 15 is 0 Å². The van der Waals surface area contributed by atoms with Crippen LogP contribution in [0.5, 0.6) is 0 Å². The molecule has 0 aliphatic carbocycles. The maximum Gasteiger partial charge on any atom is 0.283 e. The molecule has 4 rings (SSSR count). The number of imide groups is 1. The van der Waals surface area contributed by atoms with Crippen LogP contribution in [0.1, 0.15) is 28.4 Å². The molecule has 3 aromatic carbocycles. The first kappa shape index (κ1) is 23.3. The molecule has 0 saturated carbocycles. The predicted octanol–water partition coefficient (Wildman–Crippen LogP) is 5.41. The molecule has 0 spiro atoms. The van der Waals surface area contributed by atoms with E-state index in [1.807, 2.05) is 57.2 Å². The summed E-state index contributed by atoms with van der Waals surface area (Å²) in [5.74, 6) is -1.31. The highest BCUT2D eigenvalue weighted by Crippen LogP contribution is 2.33. The molecule has 0 radical (unpaired) electrons. The van der Waals surface area contributed by atoms with Gasteiger partial charge in [0.1, 0.15) is 10.7 Å². The summed E-state index contributed by atoms with van der Waals surface area (Å²) in [6.07, 6.45) is 0. The van der Waals surface area contributed by atoms with Crippen molar-refractivity contribution in [2.75, 3.05) is 21.7 Å². The third-order valence-electron chi connectivity index (χ3n) is 5.85. The molecule has 0 aromatic heterocycles. The molecular formula is C27H24ClN3O3. The fraction of sp³-hybridized carbons (Fsp3) is 0.148. The van der Waals surface area contributed by atoms with Crippen molar-refractivity contribution < 1.29 is 14.4 Å². The number of benzene rings is 3. The smallest absolute Gasteiger partial charge is 0.283 e. The second kappa shape index (κ2) is 9.53. The van der Waals surface area contributed by atoms with E-state index < -0.39 is 11.8 Å².